The Balaban J connectivity index is 2.16. The third kappa shape index (κ3) is 3.81. The summed E-state index contributed by atoms with van der Waals surface area (Å²) in [6.45, 7) is -0.537. The highest BCUT2D eigenvalue weighted by molar-refractivity contribution is 8.14. The number of rotatable bonds is 3. The summed E-state index contributed by atoms with van der Waals surface area (Å²) in [4.78, 5) is 0. The number of aliphatic hydroxyl groups is 4. The van der Waals surface area contributed by atoms with Gasteiger partial charge in [-0.15, -0.1) is 0 Å². The number of aliphatic hydroxyl groups excluding tert-OH is 4. The second-order valence-electron chi connectivity index (χ2n) is 4.91. The van der Waals surface area contributed by atoms with Crippen LogP contribution in [0.2, 0.25) is 0 Å². The topological polar surface area (TPSA) is 147 Å². The SMILES string of the molecule is N#Cc1ccc(/C(=N/O)S[C@@H]2O[C@H](CO)[C@@H](O)[C@H](O)[C@H]2O)cc1. The van der Waals surface area contributed by atoms with E-state index in [1.807, 2.05) is 6.07 Å². The van der Waals surface area contributed by atoms with Crippen molar-refractivity contribution in [3.05, 3.63) is 35.4 Å². The molecule has 0 radical (unpaired) electrons. The highest BCUT2D eigenvalue weighted by Crippen LogP contribution is 2.31. The third-order valence-electron chi connectivity index (χ3n) is 3.43. The van der Waals surface area contributed by atoms with Crippen molar-refractivity contribution in [2.75, 3.05) is 6.61 Å². The van der Waals surface area contributed by atoms with Gasteiger partial charge in [0.25, 0.3) is 0 Å². The van der Waals surface area contributed by atoms with Gasteiger partial charge in [-0.05, 0) is 12.1 Å². The monoisotopic (exact) mass is 340 g/mol. The van der Waals surface area contributed by atoms with Gasteiger partial charge in [-0.2, -0.15) is 5.26 Å². The number of hydrogen-bond acceptors (Lipinski definition) is 9. The normalized spacial score (nSPS) is 31.6. The molecular weight excluding hydrogens is 324 g/mol. The van der Waals surface area contributed by atoms with Crippen molar-refractivity contribution in [3.8, 4) is 6.07 Å². The fourth-order valence-corrected chi connectivity index (χ4v) is 3.15. The first kappa shape index (κ1) is 17.7. The first-order valence-corrected chi connectivity index (χ1v) is 7.59. The van der Waals surface area contributed by atoms with Crippen molar-refractivity contribution < 1.29 is 30.4 Å². The molecule has 9 heteroatoms. The first-order chi connectivity index (χ1) is 11.0. The molecule has 0 saturated carbocycles. The van der Waals surface area contributed by atoms with E-state index in [9.17, 15) is 15.3 Å². The summed E-state index contributed by atoms with van der Waals surface area (Å²) >= 11 is 0.828. The number of oxime groups is 1. The molecule has 1 aliphatic heterocycles. The minimum Gasteiger partial charge on any atom is -0.410 e. The van der Waals surface area contributed by atoms with Gasteiger partial charge in [0.15, 0.2) is 0 Å². The van der Waals surface area contributed by atoms with Gasteiger partial charge in [0.1, 0.15) is 34.9 Å². The van der Waals surface area contributed by atoms with Crippen LogP contribution >= 0.6 is 11.8 Å². The highest BCUT2D eigenvalue weighted by atomic mass is 32.2. The Bertz CT molecular complexity index is 600. The Morgan fingerprint density at radius 2 is 1.83 bits per heavy atom. The van der Waals surface area contributed by atoms with Crippen molar-refractivity contribution in [2.24, 2.45) is 5.16 Å². The summed E-state index contributed by atoms with van der Waals surface area (Å²) in [6.07, 6.45) is -5.42. The summed E-state index contributed by atoms with van der Waals surface area (Å²) in [5, 5.41) is 59.8. The molecule has 1 saturated heterocycles. The zero-order valence-electron chi connectivity index (χ0n) is 11.9. The summed E-state index contributed by atoms with van der Waals surface area (Å²) in [5.74, 6) is 0. The molecule has 0 unspecified atom stereocenters. The Labute approximate surface area is 136 Å². The number of nitriles is 1. The van der Waals surface area contributed by atoms with Crippen molar-refractivity contribution in [3.63, 3.8) is 0 Å². The second kappa shape index (κ2) is 7.74. The van der Waals surface area contributed by atoms with Gasteiger partial charge in [-0.3, -0.25) is 0 Å². The lowest BCUT2D eigenvalue weighted by atomic mass is 10.0. The summed E-state index contributed by atoms with van der Waals surface area (Å²) < 4.78 is 5.34. The van der Waals surface area contributed by atoms with Gasteiger partial charge in [0.05, 0.1) is 18.2 Å². The van der Waals surface area contributed by atoms with Crippen molar-refractivity contribution in [2.45, 2.75) is 29.9 Å². The number of thioether (sulfide) groups is 1. The number of hydrogen-bond donors (Lipinski definition) is 5. The lowest BCUT2D eigenvalue weighted by Crippen LogP contribution is -2.57. The van der Waals surface area contributed by atoms with Crippen LogP contribution in [0.15, 0.2) is 29.4 Å². The van der Waals surface area contributed by atoms with Crippen LogP contribution in [0.4, 0.5) is 0 Å². The van der Waals surface area contributed by atoms with Crippen LogP contribution in [0.25, 0.3) is 0 Å². The lowest BCUT2D eigenvalue weighted by molar-refractivity contribution is -0.205. The molecule has 0 spiro atoms. The Morgan fingerprint density at radius 3 is 2.35 bits per heavy atom. The van der Waals surface area contributed by atoms with E-state index in [0.29, 0.717) is 11.1 Å². The fourth-order valence-electron chi connectivity index (χ4n) is 2.11. The maximum absolute atomic E-state index is 9.98. The van der Waals surface area contributed by atoms with Crippen molar-refractivity contribution in [1.82, 2.24) is 0 Å². The molecule has 0 bridgehead atoms. The standard InChI is InChI=1S/C14H16N2O6S/c15-5-7-1-3-8(4-2-7)13(16-21)23-14-12(20)11(19)10(18)9(6-17)22-14/h1-4,9-12,14,17-21H,6H2/b16-13-/t9-,10-,11+,12-,14+/m1/s1. The average Bonchev–Trinajstić information content (AvgIpc) is 2.59. The van der Waals surface area contributed by atoms with Crippen molar-refractivity contribution >= 4 is 16.8 Å². The molecule has 1 heterocycles. The molecule has 23 heavy (non-hydrogen) atoms. The molecule has 2 rings (SSSR count). The Kier molecular flexibility index (Phi) is 5.95. The summed E-state index contributed by atoms with van der Waals surface area (Å²) in [6, 6.07) is 8.15. The van der Waals surface area contributed by atoms with Crippen molar-refractivity contribution in [1.29, 1.82) is 5.26 Å². The molecule has 124 valence electrons. The quantitative estimate of drug-likeness (QED) is 0.209. The molecule has 0 aliphatic carbocycles. The smallest absolute Gasteiger partial charge is 0.145 e. The van der Waals surface area contributed by atoms with Gasteiger partial charge in [-0.1, -0.05) is 29.1 Å². The molecule has 1 aromatic rings. The first-order valence-electron chi connectivity index (χ1n) is 6.71. The highest BCUT2D eigenvalue weighted by Gasteiger charge is 2.44. The van der Waals surface area contributed by atoms with Crippen LogP contribution < -0.4 is 0 Å². The van der Waals surface area contributed by atoms with E-state index in [1.54, 1.807) is 12.1 Å². The fraction of sp³-hybridized carbons (Fsp3) is 0.429. The van der Waals surface area contributed by atoms with Crippen LogP contribution in [0.3, 0.4) is 0 Å². The van der Waals surface area contributed by atoms with Gasteiger partial charge in [-0.25, -0.2) is 0 Å². The molecular formula is C14H16N2O6S. The number of benzene rings is 1. The van der Waals surface area contributed by atoms with Gasteiger partial charge in [0, 0.05) is 5.56 Å². The summed E-state index contributed by atoms with van der Waals surface area (Å²) in [7, 11) is 0. The van der Waals surface area contributed by atoms with Crippen LogP contribution in [0, 0.1) is 11.3 Å². The molecule has 8 nitrogen and oxygen atoms in total. The zero-order valence-corrected chi connectivity index (χ0v) is 12.7. The second-order valence-corrected chi connectivity index (χ2v) is 6.00. The third-order valence-corrected chi connectivity index (χ3v) is 4.59. The molecule has 0 aromatic heterocycles. The molecule has 5 atom stereocenters. The van der Waals surface area contributed by atoms with Gasteiger partial charge >= 0.3 is 0 Å². The molecule has 1 aliphatic rings. The molecule has 1 fully saturated rings. The lowest BCUT2D eigenvalue weighted by Gasteiger charge is -2.39. The zero-order chi connectivity index (χ0) is 17.0. The molecule has 0 amide bonds. The van der Waals surface area contributed by atoms with E-state index in [0.717, 1.165) is 11.8 Å². The number of ether oxygens (including phenoxy) is 1. The minimum atomic E-state index is -1.50. The van der Waals surface area contributed by atoms with Crippen LogP contribution in [-0.2, 0) is 4.74 Å². The Hall–Kier alpha value is -1.67. The van der Waals surface area contributed by atoms with Gasteiger partial charge in [0.2, 0.25) is 0 Å². The van der Waals surface area contributed by atoms with E-state index in [-0.39, 0.29) is 5.04 Å². The van der Waals surface area contributed by atoms with E-state index >= 15 is 0 Å². The predicted molar refractivity (Wildman–Crippen MR) is 80.8 cm³/mol. The maximum atomic E-state index is 9.98. The van der Waals surface area contributed by atoms with Crippen LogP contribution in [-0.4, -0.2) is 67.1 Å². The van der Waals surface area contributed by atoms with E-state index in [1.165, 1.54) is 12.1 Å². The number of nitrogens with zero attached hydrogens (tertiary/aromatic N) is 2. The maximum Gasteiger partial charge on any atom is 0.145 e. The molecule has 5 N–H and O–H groups in total. The Morgan fingerprint density at radius 1 is 1.17 bits per heavy atom. The summed E-state index contributed by atoms with van der Waals surface area (Å²) in [5.41, 5.74) is -0.135. The largest absolute Gasteiger partial charge is 0.410 e. The molecule has 1 aromatic carbocycles. The predicted octanol–water partition coefficient (Wildman–Crippen LogP) is -0.773. The minimum absolute atomic E-state index is 0.0961. The average molecular weight is 340 g/mol. The van der Waals surface area contributed by atoms with Crippen LogP contribution in [0.5, 0.6) is 0 Å². The van der Waals surface area contributed by atoms with Crippen LogP contribution in [0.1, 0.15) is 11.1 Å². The van der Waals surface area contributed by atoms with E-state index < -0.39 is 36.5 Å². The van der Waals surface area contributed by atoms with E-state index in [2.05, 4.69) is 5.16 Å². The van der Waals surface area contributed by atoms with Gasteiger partial charge < -0.3 is 30.4 Å². The van der Waals surface area contributed by atoms with E-state index in [4.69, 9.17) is 20.3 Å².